The van der Waals surface area contributed by atoms with E-state index in [1.54, 1.807) is 19.0 Å². The zero-order valence-electron chi connectivity index (χ0n) is 11.0. The minimum atomic E-state index is -0.0985. The van der Waals surface area contributed by atoms with Gasteiger partial charge < -0.3 is 15.1 Å². The second-order valence-electron chi connectivity index (χ2n) is 4.64. The maximum atomic E-state index is 12.2. The average Bonchev–Trinajstić information content (AvgIpc) is 2.35. The molecule has 0 aromatic rings. The number of hydrogen-bond acceptors (Lipinski definition) is 3. The van der Waals surface area contributed by atoms with Crippen LogP contribution in [0.1, 0.15) is 26.2 Å². The highest BCUT2D eigenvalue weighted by molar-refractivity contribution is 5.87. The molecule has 1 unspecified atom stereocenters. The topological polar surface area (TPSA) is 52.7 Å². The predicted molar refractivity (Wildman–Crippen MR) is 66.6 cm³/mol. The van der Waals surface area contributed by atoms with Gasteiger partial charge in [0.05, 0.1) is 12.6 Å². The van der Waals surface area contributed by atoms with E-state index in [1.807, 2.05) is 6.92 Å². The highest BCUT2D eigenvalue weighted by Gasteiger charge is 2.26. The van der Waals surface area contributed by atoms with E-state index in [-0.39, 0.29) is 24.4 Å². The molecule has 1 atom stereocenters. The van der Waals surface area contributed by atoms with Gasteiger partial charge in [-0.05, 0) is 26.3 Å². The molecule has 1 aliphatic rings. The number of piperidine rings is 1. The normalized spacial score (nSPS) is 19.8. The maximum Gasteiger partial charge on any atom is 0.241 e. The number of likely N-dealkylation sites (N-methyl/N-ethyl adjacent to an activating group) is 2. The highest BCUT2D eigenvalue weighted by Crippen LogP contribution is 2.09. The van der Waals surface area contributed by atoms with E-state index < -0.39 is 0 Å². The van der Waals surface area contributed by atoms with Gasteiger partial charge in [0.25, 0.3) is 0 Å². The maximum absolute atomic E-state index is 12.2. The van der Waals surface area contributed by atoms with Crippen molar-refractivity contribution in [2.75, 3.05) is 33.7 Å². The van der Waals surface area contributed by atoms with Crippen molar-refractivity contribution in [3.8, 4) is 0 Å². The summed E-state index contributed by atoms with van der Waals surface area (Å²) in [6.07, 6.45) is 3.10. The van der Waals surface area contributed by atoms with Crippen molar-refractivity contribution in [2.45, 2.75) is 32.2 Å². The number of amides is 2. The van der Waals surface area contributed by atoms with Crippen molar-refractivity contribution in [1.29, 1.82) is 0 Å². The van der Waals surface area contributed by atoms with Gasteiger partial charge in [0.15, 0.2) is 0 Å². The van der Waals surface area contributed by atoms with Crippen LogP contribution in [-0.4, -0.2) is 61.4 Å². The Morgan fingerprint density at radius 2 is 2.00 bits per heavy atom. The Morgan fingerprint density at radius 3 is 2.47 bits per heavy atom. The molecule has 1 N–H and O–H groups in total. The van der Waals surface area contributed by atoms with Gasteiger partial charge in [-0.25, -0.2) is 0 Å². The smallest absolute Gasteiger partial charge is 0.241 e. The van der Waals surface area contributed by atoms with E-state index in [0.717, 1.165) is 25.8 Å². The van der Waals surface area contributed by atoms with Crippen LogP contribution in [0.3, 0.4) is 0 Å². The fraction of sp³-hybridized carbons (Fsp3) is 0.833. The standard InChI is InChI=1S/C12H23N3O2/c1-4-15(9-11(16)14(2)3)12(17)10-7-5-6-8-13-10/h10,13H,4-9H2,1-3H3. The van der Waals surface area contributed by atoms with Crippen LogP contribution in [0.5, 0.6) is 0 Å². The Kier molecular flexibility index (Phi) is 5.41. The number of nitrogens with zero attached hydrogens (tertiary/aromatic N) is 2. The lowest BCUT2D eigenvalue weighted by Crippen LogP contribution is -2.50. The molecule has 17 heavy (non-hydrogen) atoms. The number of carbonyl (C=O) groups is 2. The summed E-state index contributed by atoms with van der Waals surface area (Å²) in [5.41, 5.74) is 0. The van der Waals surface area contributed by atoms with Crippen LogP contribution >= 0.6 is 0 Å². The molecule has 0 saturated carbocycles. The summed E-state index contributed by atoms with van der Waals surface area (Å²) >= 11 is 0. The Hall–Kier alpha value is -1.10. The SMILES string of the molecule is CCN(CC(=O)N(C)C)C(=O)C1CCCCN1. The number of nitrogens with one attached hydrogen (secondary N) is 1. The molecule has 0 bridgehead atoms. The monoisotopic (exact) mass is 241 g/mol. The summed E-state index contributed by atoms with van der Waals surface area (Å²) in [5, 5.41) is 3.22. The van der Waals surface area contributed by atoms with E-state index >= 15 is 0 Å². The van der Waals surface area contributed by atoms with Crippen LogP contribution in [0.4, 0.5) is 0 Å². The molecule has 1 heterocycles. The second kappa shape index (κ2) is 6.59. The van der Waals surface area contributed by atoms with Gasteiger partial charge in [-0.3, -0.25) is 9.59 Å². The molecule has 2 amide bonds. The summed E-state index contributed by atoms with van der Waals surface area (Å²) in [4.78, 5) is 26.9. The molecule has 1 aliphatic heterocycles. The molecule has 5 nitrogen and oxygen atoms in total. The molecule has 0 aromatic heterocycles. The molecule has 0 spiro atoms. The first-order valence-electron chi connectivity index (χ1n) is 6.28. The third kappa shape index (κ3) is 4.00. The molecular weight excluding hydrogens is 218 g/mol. The lowest BCUT2D eigenvalue weighted by molar-refractivity contribution is -0.140. The molecule has 1 rings (SSSR count). The Bertz CT molecular complexity index is 273. The minimum absolute atomic E-state index is 0.0315. The molecular formula is C12H23N3O2. The van der Waals surface area contributed by atoms with Crippen LogP contribution in [0.15, 0.2) is 0 Å². The summed E-state index contributed by atoms with van der Waals surface area (Å²) in [7, 11) is 3.42. The van der Waals surface area contributed by atoms with Crippen molar-refractivity contribution < 1.29 is 9.59 Å². The zero-order chi connectivity index (χ0) is 12.8. The molecule has 0 aliphatic carbocycles. The van der Waals surface area contributed by atoms with E-state index in [4.69, 9.17) is 0 Å². The van der Waals surface area contributed by atoms with Crippen LogP contribution in [0.25, 0.3) is 0 Å². The van der Waals surface area contributed by atoms with E-state index in [9.17, 15) is 9.59 Å². The third-order valence-corrected chi connectivity index (χ3v) is 3.13. The molecule has 98 valence electrons. The van der Waals surface area contributed by atoms with E-state index in [2.05, 4.69) is 5.32 Å². The second-order valence-corrected chi connectivity index (χ2v) is 4.64. The number of rotatable bonds is 4. The largest absolute Gasteiger partial charge is 0.347 e. The first-order valence-corrected chi connectivity index (χ1v) is 6.28. The van der Waals surface area contributed by atoms with E-state index in [0.29, 0.717) is 6.54 Å². The van der Waals surface area contributed by atoms with Crippen LogP contribution in [0, 0.1) is 0 Å². The molecule has 1 saturated heterocycles. The Labute approximate surface area is 103 Å². The van der Waals surface area contributed by atoms with Gasteiger partial charge in [0.2, 0.25) is 11.8 Å². The summed E-state index contributed by atoms with van der Waals surface area (Å²) in [6, 6.07) is -0.0985. The van der Waals surface area contributed by atoms with Gasteiger partial charge in [0.1, 0.15) is 0 Å². The van der Waals surface area contributed by atoms with Crippen LogP contribution < -0.4 is 5.32 Å². The van der Waals surface area contributed by atoms with Crippen LogP contribution in [-0.2, 0) is 9.59 Å². The number of carbonyl (C=O) groups excluding carboxylic acids is 2. The van der Waals surface area contributed by atoms with Gasteiger partial charge in [-0.2, -0.15) is 0 Å². The third-order valence-electron chi connectivity index (χ3n) is 3.13. The highest BCUT2D eigenvalue weighted by atomic mass is 16.2. The predicted octanol–water partition coefficient (Wildman–Crippen LogP) is 0.0652. The lowest BCUT2D eigenvalue weighted by atomic mass is 10.0. The van der Waals surface area contributed by atoms with Gasteiger partial charge >= 0.3 is 0 Å². The Balaban J connectivity index is 2.53. The summed E-state index contributed by atoms with van der Waals surface area (Å²) in [6.45, 7) is 3.57. The van der Waals surface area contributed by atoms with E-state index in [1.165, 1.54) is 4.90 Å². The summed E-state index contributed by atoms with van der Waals surface area (Å²) < 4.78 is 0. The van der Waals surface area contributed by atoms with Gasteiger partial charge in [-0.1, -0.05) is 6.42 Å². The van der Waals surface area contributed by atoms with Crippen molar-refractivity contribution in [3.05, 3.63) is 0 Å². The summed E-state index contributed by atoms with van der Waals surface area (Å²) in [5.74, 6) is 0.0263. The fourth-order valence-corrected chi connectivity index (χ4v) is 1.93. The Morgan fingerprint density at radius 1 is 1.29 bits per heavy atom. The van der Waals surface area contributed by atoms with Crippen LogP contribution in [0.2, 0.25) is 0 Å². The quantitative estimate of drug-likeness (QED) is 0.757. The molecule has 0 aromatic carbocycles. The zero-order valence-corrected chi connectivity index (χ0v) is 11.0. The fourth-order valence-electron chi connectivity index (χ4n) is 1.93. The average molecular weight is 241 g/mol. The lowest BCUT2D eigenvalue weighted by Gasteiger charge is -2.29. The van der Waals surface area contributed by atoms with Crippen molar-refractivity contribution in [1.82, 2.24) is 15.1 Å². The van der Waals surface area contributed by atoms with Gasteiger partial charge in [0, 0.05) is 20.6 Å². The van der Waals surface area contributed by atoms with Gasteiger partial charge in [-0.15, -0.1) is 0 Å². The molecule has 0 radical (unpaired) electrons. The van der Waals surface area contributed by atoms with Crippen molar-refractivity contribution in [2.24, 2.45) is 0 Å². The van der Waals surface area contributed by atoms with Crippen molar-refractivity contribution >= 4 is 11.8 Å². The number of hydrogen-bond donors (Lipinski definition) is 1. The van der Waals surface area contributed by atoms with Crippen molar-refractivity contribution in [3.63, 3.8) is 0 Å². The molecule has 1 fully saturated rings. The first kappa shape index (κ1) is 14.0. The molecule has 5 heteroatoms. The minimum Gasteiger partial charge on any atom is -0.347 e. The first-order chi connectivity index (χ1) is 8.06.